The third kappa shape index (κ3) is 5.15. The van der Waals surface area contributed by atoms with E-state index in [1.165, 1.54) is 10.8 Å². The molecule has 1 aliphatic heterocycles. The first-order chi connectivity index (χ1) is 13.8. The van der Waals surface area contributed by atoms with Crippen molar-refractivity contribution in [1.29, 1.82) is 0 Å². The Morgan fingerprint density at radius 3 is 1.97 bits per heavy atom. The standard InChI is InChI=1S/C22H40N2O5Si2/c1-14-13-24(20(26)23-18(14)25)19-17(29-31(11,12)22(6,7)8)16(15(2)27-19)28-30(9,10)21(3,4)5/h13,16-17,19H,2H2,1,3-12H3,(H,23,25,26)/t16-,17-,19-/m1/s1. The Labute approximate surface area is 188 Å². The van der Waals surface area contributed by atoms with Crippen LogP contribution in [-0.2, 0) is 13.6 Å². The molecule has 2 rings (SSSR count). The van der Waals surface area contributed by atoms with Crippen LogP contribution in [-0.4, -0.2) is 38.4 Å². The van der Waals surface area contributed by atoms with E-state index in [2.05, 4.69) is 79.3 Å². The first kappa shape index (κ1) is 25.8. The Morgan fingerprint density at radius 2 is 1.48 bits per heavy atom. The van der Waals surface area contributed by atoms with Crippen LogP contribution >= 0.6 is 0 Å². The number of nitrogens with one attached hydrogen (secondary N) is 1. The van der Waals surface area contributed by atoms with E-state index in [4.69, 9.17) is 13.6 Å². The van der Waals surface area contributed by atoms with Gasteiger partial charge in [-0.3, -0.25) is 14.3 Å². The fourth-order valence-electron chi connectivity index (χ4n) is 2.88. The minimum atomic E-state index is -2.25. The molecule has 0 bridgehead atoms. The summed E-state index contributed by atoms with van der Waals surface area (Å²) in [5.74, 6) is 0.453. The number of aryl methyl sites for hydroxylation is 1. The number of hydrogen-bond acceptors (Lipinski definition) is 5. The molecule has 0 spiro atoms. The smallest absolute Gasteiger partial charge is 0.331 e. The lowest BCUT2D eigenvalue weighted by atomic mass is 10.2. The van der Waals surface area contributed by atoms with Gasteiger partial charge < -0.3 is 13.6 Å². The van der Waals surface area contributed by atoms with Crippen molar-refractivity contribution < 1.29 is 13.6 Å². The van der Waals surface area contributed by atoms with Crippen LogP contribution in [0.5, 0.6) is 0 Å². The molecule has 9 heteroatoms. The van der Waals surface area contributed by atoms with Gasteiger partial charge in [-0.05, 0) is 43.2 Å². The van der Waals surface area contributed by atoms with Gasteiger partial charge in [-0.15, -0.1) is 0 Å². The maximum absolute atomic E-state index is 12.7. The van der Waals surface area contributed by atoms with Crippen molar-refractivity contribution in [3.63, 3.8) is 0 Å². The third-order valence-corrected chi connectivity index (χ3v) is 16.0. The zero-order valence-corrected chi connectivity index (χ0v) is 23.0. The van der Waals surface area contributed by atoms with E-state index in [0.29, 0.717) is 11.3 Å². The molecule has 1 aromatic rings. The maximum atomic E-state index is 12.7. The van der Waals surface area contributed by atoms with Gasteiger partial charge in [-0.25, -0.2) is 4.79 Å². The van der Waals surface area contributed by atoms with Gasteiger partial charge in [0.15, 0.2) is 16.6 Å². The fraction of sp³-hybridized carbons (Fsp3) is 0.727. The van der Waals surface area contributed by atoms with Gasteiger partial charge in [-0.1, -0.05) is 48.1 Å². The second kappa shape index (κ2) is 8.17. The highest BCUT2D eigenvalue weighted by Crippen LogP contribution is 2.46. The number of hydrogen-bond donors (Lipinski definition) is 1. The van der Waals surface area contributed by atoms with Crippen LogP contribution in [0.4, 0.5) is 0 Å². The first-order valence-corrected chi connectivity index (χ1v) is 16.6. The van der Waals surface area contributed by atoms with Crippen LogP contribution in [0.2, 0.25) is 36.3 Å². The maximum Gasteiger partial charge on any atom is 0.331 e. The van der Waals surface area contributed by atoms with Crippen LogP contribution in [0.3, 0.4) is 0 Å². The summed E-state index contributed by atoms with van der Waals surface area (Å²) in [5.41, 5.74) is -0.520. The minimum absolute atomic E-state index is 0.0156. The van der Waals surface area contributed by atoms with Gasteiger partial charge >= 0.3 is 5.69 Å². The largest absolute Gasteiger partial charge is 0.469 e. The first-order valence-electron chi connectivity index (χ1n) is 10.8. The summed E-state index contributed by atoms with van der Waals surface area (Å²) in [6.07, 6.45) is -0.292. The van der Waals surface area contributed by atoms with E-state index >= 15 is 0 Å². The Balaban J connectivity index is 2.58. The van der Waals surface area contributed by atoms with Crippen molar-refractivity contribution >= 4 is 16.6 Å². The van der Waals surface area contributed by atoms with E-state index < -0.39 is 46.3 Å². The number of aromatic amines is 1. The Bertz CT molecular complexity index is 950. The average molecular weight is 469 g/mol. The topological polar surface area (TPSA) is 82.6 Å². The van der Waals surface area contributed by atoms with Gasteiger partial charge in [0.1, 0.15) is 18.0 Å². The Kier molecular flexibility index (Phi) is 6.81. The molecule has 31 heavy (non-hydrogen) atoms. The van der Waals surface area contributed by atoms with E-state index in [0.717, 1.165) is 0 Å². The SMILES string of the molecule is C=C1O[C@@H](n2cc(C)c(=O)[nH]c2=O)[C@H](O[Si](C)(C)C(C)(C)C)[C@@H]1O[Si](C)(C)C(C)(C)C. The zero-order chi connectivity index (χ0) is 24.2. The quantitative estimate of drug-likeness (QED) is 0.635. The van der Waals surface area contributed by atoms with Gasteiger partial charge in [0, 0.05) is 11.8 Å². The van der Waals surface area contributed by atoms with E-state index in [9.17, 15) is 9.59 Å². The van der Waals surface area contributed by atoms with Crippen molar-refractivity contribution in [2.24, 2.45) is 0 Å². The molecule has 3 atom stereocenters. The molecule has 2 heterocycles. The molecule has 1 saturated heterocycles. The lowest BCUT2D eigenvalue weighted by molar-refractivity contribution is -0.00659. The summed E-state index contributed by atoms with van der Waals surface area (Å²) in [6.45, 7) is 27.5. The molecule has 1 fully saturated rings. The minimum Gasteiger partial charge on any atom is -0.469 e. The lowest BCUT2D eigenvalue weighted by Crippen LogP contribution is -2.52. The van der Waals surface area contributed by atoms with Crippen molar-refractivity contribution in [2.75, 3.05) is 0 Å². The van der Waals surface area contributed by atoms with Gasteiger partial charge in [0.25, 0.3) is 5.56 Å². The summed E-state index contributed by atoms with van der Waals surface area (Å²) < 4.78 is 21.0. The second-order valence-electron chi connectivity index (χ2n) is 11.6. The summed E-state index contributed by atoms with van der Waals surface area (Å²) in [5, 5.41) is -0.0623. The molecule has 0 amide bonds. The summed E-state index contributed by atoms with van der Waals surface area (Å²) in [6, 6.07) is 0. The van der Waals surface area contributed by atoms with E-state index in [-0.39, 0.29) is 10.1 Å². The van der Waals surface area contributed by atoms with Crippen molar-refractivity contribution in [1.82, 2.24) is 9.55 Å². The molecule has 0 aromatic carbocycles. The van der Waals surface area contributed by atoms with Crippen molar-refractivity contribution in [3.05, 3.63) is 44.9 Å². The number of ether oxygens (including phenoxy) is 1. The highest BCUT2D eigenvalue weighted by molar-refractivity contribution is 6.74. The van der Waals surface area contributed by atoms with Crippen molar-refractivity contribution in [2.45, 2.75) is 103 Å². The summed E-state index contributed by atoms with van der Waals surface area (Å²) >= 11 is 0. The molecule has 0 saturated carbocycles. The highest BCUT2D eigenvalue weighted by atomic mass is 28.4. The van der Waals surface area contributed by atoms with Crippen LogP contribution in [0.25, 0.3) is 0 Å². The number of aromatic nitrogens is 2. The molecule has 1 aliphatic rings. The van der Waals surface area contributed by atoms with Crippen LogP contribution < -0.4 is 11.2 Å². The Hall–Kier alpha value is -1.43. The normalized spacial score (nSPS) is 23.2. The predicted octanol–water partition coefficient (Wildman–Crippen LogP) is 4.67. The number of nitrogens with zero attached hydrogens (tertiary/aromatic N) is 1. The van der Waals surface area contributed by atoms with Gasteiger partial charge in [0.2, 0.25) is 6.23 Å². The molecular formula is C22H40N2O5Si2. The average Bonchev–Trinajstić information content (AvgIpc) is 2.84. The zero-order valence-electron chi connectivity index (χ0n) is 21.0. The highest BCUT2D eigenvalue weighted by Gasteiger charge is 2.52. The second-order valence-corrected chi connectivity index (χ2v) is 21.1. The van der Waals surface area contributed by atoms with Crippen LogP contribution in [0.15, 0.2) is 28.1 Å². The molecule has 0 aliphatic carbocycles. The lowest BCUT2D eigenvalue weighted by Gasteiger charge is -2.43. The van der Waals surface area contributed by atoms with Crippen LogP contribution in [0.1, 0.15) is 53.3 Å². The molecule has 1 N–H and O–H groups in total. The van der Waals surface area contributed by atoms with Crippen LogP contribution in [0, 0.1) is 6.92 Å². The van der Waals surface area contributed by atoms with E-state index in [1.807, 2.05) is 0 Å². The molecule has 0 unspecified atom stereocenters. The molecular weight excluding hydrogens is 428 g/mol. The monoisotopic (exact) mass is 468 g/mol. The third-order valence-electron chi connectivity index (χ3n) is 7.05. The number of rotatable bonds is 5. The molecule has 7 nitrogen and oxygen atoms in total. The predicted molar refractivity (Wildman–Crippen MR) is 129 cm³/mol. The fourth-order valence-corrected chi connectivity index (χ4v) is 5.40. The molecule has 176 valence electrons. The van der Waals surface area contributed by atoms with Gasteiger partial charge in [-0.2, -0.15) is 0 Å². The molecule has 0 radical (unpaired) electrons. The number of H-pyrrole nitrogens is 1. The van der Waals surface area contributed by atoms with Crippen molar-refractivity contribution in [3.8, 4) is 0 Å². The van der Waals surface area contributed by atoms with Gasteiger partial charge in [0.05, 0.1) is 0 Å². The van der Waals surface area contributed by atoms with E-state index in [1.54, 1.807) is 6.92 Å². The summed E-state index contributed by atoms with van der Waals surface area (Å²) in [4.78, 5) is 26.9. The Morgan fingerprint density at radius 1 is 1.00 bits per heavy atom. The molecule has 1 aromatic heterocycles. The summed E-state index contributed by atoms with van der Waals surface area (Å²) in [7, 11) is -4.44.